The summed E-state index contributed by atoms with van der Waals surface area (Å²) >= 11 is 0. The van der Waals surface area contributed by atoms with E-state index in [0.717, 1.165) is 16.5 Å². The van der Waals surface area contributed by atoms with E-state index in [0.29, 0.717) is 17.7 Å². The molecule has 0 aliphatic rings. The number of nitrogens with two attached hydrogens (primary N) is 1. The van der Waals surface area contributed by atoms with Crippen LogP contribution in [0, 0.1) is 18.3 Å². The van der Waals surface area contributed by atoms with Crippen molar-refractivity contribution in [2.24, 2.45) is 10.1 Å². The molecule has 0 saturated heterocycles. The number of nitrogens with zero attached hydrogens (tertiary/aromatic N) is 3. The molecule has 0 aliphatic heterocycles. The van der Waals surface area contributed by atoms with E-state index in [2.05, 4.69) is 9.98 Å². The van der Waals surface area contributed by atoms with Gasteiger partial charge in [0.25, 0.3) is 5.56 Å². The molecule has 2 aromatic heterocycles. The molecule has 0 amide bonds. The quantitative estimate of drug-likeness (QED) is 0.366. The molecule has 2 aromatic carbocycles. The second kappa shape index (κ2) is 8.97. The third-order valence-electron chi connectivity index (χ3n) is 5.63. The van der Waals surface area contributed by atoms with Crippen molar-refractivity contribution in [3.8, 4) is 11.9 Å². The lowest BCUT2D eigenvalue weighted by Gasteiger charge is -2.14. The Morgan fingerprint density at radius 1 is 1.21 bits per heavy atom. The maximum Gasteiger partial charge on any atom is 0.271 e. The number of benzene rings is 2. The van der Waals surface area contributed by atoms with Gasteiger partial charge < -0.3 is 10.1 Å². The first kappa shape index (κ1) is 23.0. The summed E-state index contributed by atoms with van der Waals surface area (Å²) in [6.45, 7) is 1.72. The normalized spacial score (nSPS) is 11.8. The number of nitriles is 1. The molecule has 0 fully saturated rings. The molecule has 9 nitrogen and oxygen atoms in total. The second-order valence-electron chi connectivity index (χ2n) is 7.71. The third kappa shape index (κ3) is 4.34. The fraction of sp³-hybridized carbons (Fsp3) is 0.125. The largest absolute Gasteiger partial charge is 0.494 e. The number of H-pyrrole nitrogens is 1. The maximum atomic E-state index is 12.9. The first-order valence-corrected chi connectivity index (χ1v) is 11.8. The van der Waals surface area contributed by atoms with Crippen molar-refractivity contribution in [1.29, 1.82) is 5.26 Å². The van der Waals surface area contributed by atoms with Gasteiger partial charge in [0.2, 0.25) is 15.9 Å². The summed E-state index contributed by atoms with van der Waals surface area (Å²) in [5, 5.41) is 26.6. The first-order valence-electron chi connectivity index (χ1n) is 10.3. The highest BCUT2D eigenvalue weighted by Gasteiger charge is 2.18. The Bertz CT molecular complexity index is 1630. The molecular formula is C24H21N5O4S. The van der Waals surface area contributed by atoms with E-state index in [1.54, 1.807) is 6.92 Å². The number of pyridine rings is 1. The van der Waals surface area contributed by atoms with Crippen molar-refractivity contribution < 1.29 is 13.5 Å². The Kier molecular flexibility index (Phi) is 6.06. The molecule has 10 heteroatoms. The van der Waals surface area contributed by atoms with E-state index in [-0.39, 0.29) is 28.4 Å². The van der Waals surface area contributed by atoms with Crippen molar-refractivity contribution in [3.05, 3.63) is 87.3 Å². The zero-order valence-corrected chi connectivity index (χ0v) is 19.0. The van der Waals surface area contributed by atoms with Gasteiger partial charge in [0.05, 0.1) is 16.1 Å². The van der Waals surface area contributed by atoms with E-state index in [4.69, 9.17) is 5.14 Å². The van der Waals surface area contributed by atoms with Crippen LogP contribution in [0.1, 0.15) is 22.3 Å². The number of hydrogen-bond acceptors (Lipinski definition) is 6. The van der Waals surface area contributed by atoms with Crippen molar-refractivity contribution >= 4 is 32.8 Å². The summed E-state index contributed by atoms with van der Waals surface area (Å²) in [6, 6.07) is 15.2. The number of aromatic amines is 1. The summed E-state index contributed by atoms with van der Waals surface area (Å²) < 4.78 is 24.0. The van der Waals surface area contributed by atoms with E-state index >= 15 is 0 Å². The van der Waals surface area contributed by atoms with Crippen LogP contribution in [0.15, 0.2) is 69.4 Å². The molecule has 4 N–H and O–H groups in total. The number of aliphatic imine (C=N–C) groups is 1. The number of para-hydroxylation sites is 1. The zero-order chi connectivity index (χ0) is 24.5. The van der Waals surface area contributed by atoms with E-state index in [1.807, 2.05) is 36.5 Å². The number of sulfonamides is 1. The van der Waals surface area contributed by atoms with Gasteiger partial charge in [-0.25, -0.2) is 13.6 Å². The van der Waals surface area contributed by atoms with Crippen LogP contribution in [0.3, 0.4) is 0 Å². The smallest absolute Gasteiger partial charge is 0.271 e. The van der Waals surface area contributed by atoms with Gasteiger partial charge in [-0.15, -0.1) is 0 Å². The fourth-order valence-corrected chi connectivity index (χ4v) is 4.28. The standard InChI is InChI=1S/C24H21N5O4S/c1-15-20(12-25)23(30)29(11-10-16-13-28-22-5-3-2-4-19(16)22)24(31)21(15)14-27-17-6-8-18(9-7-17)34(26,32)33/h2-9,13-14,28,31H,10-11H2,1H3,(H2,26,32,33). The Morgan fingerprint density at radius 2 is 1.91 bits per heavy atom. The highest BCUT2D eigenvalue weighted by atomic mass is 32.2. The average Bonchev–Trinajstić information content (AvgIpc) is 3.22. The Hall–Kier alpha value is -4.20. The Morgan fingerprint density at radius 3 is 2.59 bits per heavy atom. The minimum absolute atomic E-state index is 0.0527. The lowest BCUT2D eigenvalue weighted by atomic mass is 10.1. The zero-order valence-electron chi connectivity index (χ0n) is 18.2. The molecule has 0 radical (unpaired) electrons. The van der Waals surface area contributed by atoms with Gasteiger partial charge in [-0.2, -0.15) is 5.26 Å². The van der Waals surface area contributed by atoms with Gasteiger partial charge >= 0.3 is 0 Å². The van der Waals surface area contributed by atoms with Gasteiger partial charge in [0.15, 0.2) is 0 Å². The highest BCUT2D eigenvalue weighted by molar-refractivity contribution is 7.89. The van der Waals surface area contributed by atoms with Crippen LogP contribution in [-0.4, -0.2) is 29.3 Å². The monoisotopic (exact) mass is 475 g/mol. The molecule has 0 aliphatic carbocycles. The number of nitrogens with one attached hydrogen (secondary N) is 1. The van der Waals surface area contributed by atoms with Gasteiger partial charge in [0, 0.05) is 29.9 Å². The van der Waals surface area contributed by atoms with Crippen LogP contribution in [0.5, 0.6) is 5.88 Å². The van der Waals surface area contributed by atoms with Crippen LogP contribution in [0.4, 0.5) is 5.69 Å². The number of hydrogen-bond donors (Lipinski definition) is 3. The van der Waals surface area contributed by atoms with Crippen molar-refractivity contribution in [2.75, 3.05) is 0 Å². The summed E-state index contributed by atoms with van der Waals surface area (Å²) in [4.78, 5) is 20.3. The molecule has 172 valence electrons. The third-order valence-corrected chi connectivity index (χ3v) is 6.56. The predicted molar refractivity (Wildman–Crippen MR) is 129 cm³/mol. The molecule has 34 heavy (non-hydrogen) atoms. The summed E-state index contributed by atoms with van der Waals surface area (Å²) in [5.41, 5.74) is 2.22. The van der Waals surface area contributed by atoms with Crippen LogP contribution in [0.2, 0.25) is 0 Å². The predicted octanol–water partition coefficient (Wildman–Crippen LogP) is 2.86. The molecule has 0 saturated carbocycles. The Labute approximate surface area is 195 Å². The topological polar surface area (TPSA) is 154 Å². The lowest BCUT2D eigenvalue weighted by molar-refractivity contribution is 0.404. The number of aromatic hydroxyl groups is 1. The molecule has 0 unspecified atom stereocenters. The van der Waals surface area contributed by atoms with Crippen LogP contribution >= 0.6 is 0 Å². The summed E-state index contributed by atoms with van der Waals surface area (Å²) in [6.07, 6.45) is 3.66. The first-order chi connectivity index (χ1) is 16.2. The number of primary sulfonamides is 1. The number of aryl methyl sites for hydroxylation is 1. The minimum atomic E-state index is -3.83. The summed E-state index contributed by atoms with van der Waals surface area (Å²) in [7, 11) is -3.83. The molecule has 2 heterocycles. The van der Waals surface area contributed by atoms with Crippen molar-refractivity contribution in [1.82, 2.24) is 9.55 Å². The minimum Gasteiger partial charge on any atom is -0.494 e. The average molecular weight is 476 g/mol. The SMILES string of the molecule is Cc1c(C=Nc2ccc(S(N)(=O)=O)cc2)c(O)n(CCc2c[nH]c3ccccc23)c(=O)c1C#N. The lowest BCUT2D eigenvalue weighted by Crippen LogP contribution is -2.26. The van der Waals surface area contributed by atoms with Gasteiger partial charge in [-0.05, 0) is 54.8 Å². The number of fused-ring (bicyclic) bond motifs is 1. The highest BCUT2D eigenvalue weighted by Crippen LogP contribution is 2.24. The molecule has 0 spiro atoms. The van der Waals surface area contributed by atoms with Gasteiger partial charge in [0.1, 0.15) is 11.6 Å². The maximum absolute atomic E-state index is 12.9. The molecular weight excluding hydrogens is 454 g/mol. The Balaban J connectivity index is 1.69. The molecule has 0 atom stereocenters. The van der Waals surface area contributed by atoms with Crippen molar-refractivity contribution in [2.45, 2.75) is 24.8 Å². The van der Waals surface area contributed by atoms with E-state index in [9.17, 15) is 23.6 Å². The van der Waals surface area contributed by atoms with Crippen LogP contribution < -0.4 is 10.7 Å². The van der Waals surface area contributed by atoms with Crippen molar-refractivity contribution in [3.63, 3.8) is 0 Å². The summed E-state index contributed by atoms with van der Waals surface area (Å²) in [5.74, 6) is -0.300. The molecule has 0 bridgehead atoms. The molecule has 4 rings (SSSR count). The molecule has 4 aromatic rings. The van der Waals surface area contributed by atoms with Gasteiger partial charge in [-0.3, -0.25) is 14.4 Å². The van der Waals surface area contributed by atoms with Crippen LogP contribution in [0.25, 0.3) is 10.9 Å². The van der Waals surface area contributed by atoms with E-state index in [1.165, 1.54) is 35.0 Å². The van der Waals surface area contributed by atoms with E-state index < -0.39 is 15.6 Å². The van der Waals surface area contributed by atoms with Crippen LogP contribution in [-0.2, 0) is 23.0 Å². The van der Waals surface area contributed by atoms with Gasteiger partial charge in [-0.1, -0.05) is 18.2 Å². The second-order valence-corrected chi connectivity index (χ2v) is 9.27. The fourth-order valence-electron chi connectivity index (χ4n) is 3.76. The number of rotatable bonds is 6. The number of aromatic nitrogens is 2.